The van der Waals surface area contributed by atoms with E-state index < -0.39 is 0 Å². The number of nitrogens with zero attached hydrogens (tertiary/aromatic N) is 2. The first kappa shape index (κ1) is 27.7. The second-order valence-corrected chi connectivity index (χ2v) is 10.7. The van der Waals surface area contributed by atoms with E-state index in [2.05, 4.69) is 87.7 Å². The van der Waals surface area contributed by atoms with Gasteiger partial charge in [0.1, 0.15) is 11.5 Å². The fraction of sp³-hybridized carbons (Fsp3) is 0.636. The molecule has 204 valence electrons. The van der Waals surface area contributed by atoms with Crippen LogP contribution in [0.3, 0.4) is 0 Å². The van der Waals surface area contributed by atoms with Crippen LogP contribution in [-0.4, -0.2) is 39.4 Å². The van der Waals surface area contributed by atoms with Crippen molar-refractivity contribution < 1.29 is 9.47 Å². The lowest BCUT2D eigenvalue weighted by Gasteiger charge is -2.42. The quantitative estimate of drug-likeness (QED) is 0.291. The number of ether oxygens (including phenoxy) is 2. The molecule has 2 saturated carbocycles. The fourth-order valence-corrected chi connectivity index (χ4v) is 7.49. The molecule has 0 saturated heterocycles. The molecule has 4 rings (SSSR count). The lowest BCUT2D eigenvalue weighted by Crippen LogP contribution is -2.37. The zero-order valence-electron chi connectivity index (χ0n) is 24.3. The summed E-state index contributed by atoms with van der Waals surface area (Å²) < 4.78 is 13.0. The summed E-state index contributed by atoms with van der Waals surface area (Å²) in [5.74, 6) is 3.53. The van der Waals surface area contributed by atoms with E-state index in [0.717, 1.165) is 50.0 Å². The lowest BCUT2D eigenvalue weighted by atomic mass is 9.62. The Kier molecular flexibility index (Phi) is 9.31. The van der Waals surface area contributed by atoms with Crippen molar-refractivity contribution in [1.82, 2.24) is 0 Å². The number of hydrogen-bond acceptors (Lipinski definition) is 4. The van der Waals surface area contributed by atoms with Crippen LogP contribution in [0.15, 0.2) is 36.4 Å². The van der Waals surface area contributed by atoms with Crippen LogP contribution in [0.4, 0.5) is 11.4 Å². The maximum absolute atomic E-state index is 6.48. The highest BCUT2D eigenvalue weighted by Gasteiger charge is 2.53. The standard InChI is InChI=1S/C33H50N2O2/c1-7-34(8-2)26-17-19-29(31(23-26)36-11-5)33(22-21-25-15-13-14-16-28(25)33)30-20-18-27(35(9-3)10-4)24-32(30)37-12-6/h17-20,23-25,28H,7-16,21-22H2,1-6H3. The van der Waals surface area contributed by atoms with Crippen LogP contribution in [-0.2, 0) is 5.41 Å². The zero-order chi connectivity index (χ0) is 26.4. The number of anilines is 2. The van der Waals surface area contributed by atoms with Crippen LogP contribution in [0, 0.1) is 11.8 Å². The molecule has 2 atom stereocenters. The van der Waals surface area contributed by atoms with E-state index in [-0.39, 0.29) is 5.41 Å². The van der Waals surface area contributed by atoms with E-state index >= 15 is 0 Å². The molecular weight excluding hydrogens is 456 g/mol. The second kappa shape index (κ2) is 12.5. The van der Waals surface area contributed by atoms with E-state index in [9.17, 15) is 0 Å². The summed E-state index contributed by atoms with van der Waals surface area (Å²) >= 11 is 0. The average Bonchev–Trinajstić information content (AvgIpc) is 3.31. The number of fused-ring (bicyclic) bond motifs is 1. The van der Waals surface area contributed by atoms with Gasteiger partial charge in [0.25, 0.3) is 0 Å². The van der Waals surface area contributed by atoms with Gasteiger partial charge in [0, 0.05) is 66.2 Å². The molecule has 0 aromatic heterocycles. The average molecular weight is 507 g/mol. The molecule has 0 N–H and O–H groups in total. The smallest absolute Gasteiger partial charge is 0.125 e. The highest BCUT2D eigenvalue weighted by atomic mass is 16.5. The molecule has 4 nitrogen and oxygen atoms in total. The molecule has 0 amide bonds. The number of hydrogen-bond donors (Lipinski definition) is 0. The van der Waals surface area contributed by atoms with Gasteiger partial charge in [-0.3, -0.25) is 0 Å². The van der Waals surface area contributed by atoms with Gasteiger partial charge in [-0.25, -0.2) is 0 Å². The third-order valence-corrected chi connectivity index (χ3v) is 9.20. The largest absolute Gasteiger partial charge is 0.493 e. The molecule has 2 aliphatic rings. The van der Waals surface area contributed by atoms with Crippen molar-refractivity contribution in [2.24, 2.45) is 11.8 Å². The van der Waals surface area contributed by atoms with Crippen molar-refractivity contribution in [3.05, 3.63) is 47.5 Å². The van der Waals surface area contributed by atoms with Crippen LogP contribution in [0.2, 0.25) is 0 Å². The zero-order valence-corrected chi connectivity index (χ0v) is 24.3. The summed E-state index contributed by atoms with van der Waals surface area (Å²) in [5.41, 5.74) is 5.18. The van der Waals surface area contributed by atoms with Crippen LogP contribution in [0.25, 0.3) is 0 Å². The normalized spacial score (nSPS) is 20.4. The topological polar surface area (TPSA) is 24.9 Å². The Balaban J connectivity index is 1.94. The SMILES string of the molecule is CCOc1cc(N(CC)CC)ccc1C1(c2ccc(N(CC)CC)cc2OCC)CCC2CCCCC21. The highest BCUT2D eigenvalue weighted by molar-refractivity contribution is 5.63. The predicted octanol–water partition coefficient (Wildman–Crippen LogP) is 8.06. The fourth-order valence-electron chi connectivity index (χ4n) is 7.49. The Hall–Kier alpha value is -2.36. The van der Waals surface area contributed by atoms with Crippen LogP contribution in [0.1, 0.15) is 91.2 Å². The van der Waals surface area contributed by atoms with Crippen molar-refractivity contribution >= 4 is 11.4 Å². The Labute approximate surface area is 226 Å². The summed E-state index contributed by atoms with van der Waals surface area (Å²) in [4.78, 5) is 4.84. The van der Waals surface area contributed by atoms with Gasteiger partial charge in [0.15, 0.2) is 0 Å². The third kappa shape index (κ3) is 5.18. The Morgan fingerprint density at radius 1 is 0.676 bits per heavy atom. The molecule has 0 heterocycles. The molecule has 2 aliphatic carbocycles. The first-order chi connectivity index (χ1) is 18.1. The summed E-state index contributed by atoms with van der Waals surface area (Å²) in [6, 6.07) is 14.1. The number of rotatable bonds is 12. The van der Waals surface area contributed by atoms with Crippen LogP contribution >= 0.6 is 0 Å². The molecule has 0 bridgehead atoms. The van der Waals surface area contributed by atoms with Gasteiger partial charge in [0.2, 0.25) is 0 Å². The molecule has 0 aliphatic heterocycles. The minimum Gasteiger partial charge on any atom is -0.493 e. The summed E-state index contributed by atoms with van der Waals surface area (Å²) in [6.45, 7) is 18.5. The molecule has 0 radical (unpaired) electrons. The van der Waals surface area contributed by atoms with Gasteiger partial charge in [-0.15, -0.1) is 0 Å². The van der Waals surface area contributed by atoms with Gasteiger partial charge in [-0.2, -0.15) is 0 Å². The van der Waals surface area contributed by atoms with Crippen molar-refractivity contribution in [3.8, 4) is 11.5 Å². The van der Waals surface area contributed by atoms with E-state index in [1.54, 1.807) is 0 Å². The van der Waals surface area contributed by atoms with Gasteiger partial charge in [-0.1, -0.05) is 31.4 Å². The molecule has 37 heavy (non-hydrogen) atoms. The van der Waals surface area contributed by atoms with Crippen LogP contribution < -0.4 is 19.3 Å². The Bertz CT molecular complexity index is 946. The van der Waals surface area contributed by atoms with E-state index in [1.165, 1.54) is 54.6 Å². The highest BCUT2D eigenvalue weighted by Crippen LogP contribution is 2.61. The second-order valence-electron chi connectivity index (χ2n) is 10.7. The first-order valence-electron chi connectivity index (χ1n) is 15.1. The molecule has 2 aromatic carbocycles. The van der Waals surface area contributed by atoms with Crippen molar-refractivity contribution in [2.45, 2.75) is 85.5 Å². The van der Waals surface area contributed by atoms with Gasteiger partial charge >= 0.3 is 0 Å². The molecule has 2 fully saturated rings. The maximum Gasteiger partial charge on any atom is 0.125 e. The van der Waals surface area contributed by atoms with Crippen molar-refractivity contribution in [3.63, 3.8) is 0 Å². The van der Waals surface area contributed by atoms with E-state index in [1.807, 2.05) is 0 Å². The number of benzene rings is 2. The van der Waals surface area contributed by atoms with Gasteiger partial charge in [-0.05, 0) is 84.8 Å². The molecule has 2 unspecified atom stereocenters. The summed E-state index contributed by atoms with van der Waals surface area (Å²) in [7, 11) is 0. The van der Waals surface area contributed by atoms with Gasteiger partial charge < -0.3 is 19.3 Å². The summed E-state index contributed by atoms with van der Waals surface area (Å²) in [5, 5.41) is 0. The predicted molar refractivity (Wildman–Crippen MR) is 158 cm³/mol. The minimum atomic E-state index is -0.0797. The van der Waals surface area contributed by atoms with Crippen molar-refractivity contribution in [2.75, 3.05) is 49.2 Å². The summed E-state index contributed by atoms with van der Waals surface area (Å²) in [6.07, 6.45) is 7.80. The van der Waals surface area contributed by atoms with E-state index in [4.69, 9.17) is 9.47 Å². The van der Waals surface area contributed by atoms with Crippen LogP contribution in [0.5, 0.6) is 11.5 Å². The van der Waals surface area contributed by atoms with E-state index in [0.29, 0.717) is 19.1 Å². The van der Waals surface area contributed by atoms with Crippen molar-refractivity contribution in [1.29, 1.82) is 0 Å². The Morgan fingerprint density at radius 2 is 1.16 bits per heavy atom. The molecule has 0 spiro atoms. The first-order valence-corrected chi connectivity index (χ1v) is 15.1. The monoisotopic (exact) mass is 506 g/mol. The molecule has 2 aromatic rings. The Morgan fingerprint density at radius 3 is 1.62 bits per heavy atom. The molecular formula is C33H50N2O2. The molecule has 4 heteroatoms. The van der Waals surface area contributed by atoms with Gasteiger partial charge in [0.05, 0.1) is 13.2 Å². The minimum absolute atomic E-state index is 0.0797. The maximum atomic E-state index is 6.48. The third-order valence-electron chi connectivity index (χ3n) is 9.20. The lowest BCUT2D eigenvalue weighted by molar-refractivity contribution is 0.211.